The fourth-order valence-corrected chi connectivity index (χ4v) is 13.5. The third kappa shape index (κ3) is 73.6. The van der Waals surface area contributed by atoms with Crippen molar-refractivity contribution in [2.24, 2.45) is 0 Å². The quantitative estimate of drug-likeness (QED) is 0.0169. The molecule has 0 spiro atoms. The van der Waals surface area contributed by atoms with Gasteiger partial charge in [-0.25, -0.2) is 9.13 Å². The molecular weight excluding hydrogens is 1310 g/mol. The summed E-state index contributed by atoms with van der Waals surface area (Å²) in [7, 11) is -9.93. The highest BCUT2D eigenvalue weighted by Crippen LogP contribution is 2.45. The molecule has 0 rings (SSSR count). The van der Waals surface area contributed by atoms with Crippen molar-refractivity contribution in [3.63, 3.8) is 0 Å². The first-order chi connectivity index (χ1) is 48.7. The van der Waals surface area contributed by atoms with Crippen molar-refractivity contribution in [2.45, 2.75) is 418 Å². The highest BCUT2D eigenvalue weighted by molar-refractivity contribution is 7.47. The monoisotopic (exact) mass is 1460 g/mol. The van der Waals surface area contributed by atoms with Crippen LogP contribution in [0.3, 0.4) is 0 Å². The number of esters is 4. The van der Waals surface area contributed by atoms with Crippen LogP contribution in [0.1, 0.15) is 400 Å². The maximum absolute atomic E-state index is 13.1. The molecule has 0 aromatic carbocycles. The number of unbranched alkanes of at least 4 members (excludes halogenated alkanes) is 47. The van der Waals surface area contributed by atoms with Gasteiger partial charge in [-0.3, -0.25) is 37.3 Å². The molecule has 0 bridgehead atoms. The smallest absolute Gasteiger partial charge is 0.462 e. The Balaban J connectivity index is 5.29. The van der Waals surface area contributed by atoms with E-state index in [1.54, 1.807) is 0 Å². The molecule has 5 atom stereocenters. The van der Waals surface area contributed by atoms with Crippen LogP contribution in [0.25, 0.3) is 0 Å². The largest absolute Gasteiger partial charge is 0.472 e. The normalized spacial score (nSPS) is 14.0. The molecule has 588 valence electrons. The number of aliphatic hydroxyl groups is 1. The average molecular weight is 1460 g/mol. The van der Waals surface area contributed by atoms with Gasteiger partial charge in [0.25, 0.3) is 0 Å². The maximum Gasteiger partial charge on any atom is 0.472 e. The van der Waals surface area contributed by atoms with Crippen LogP contribution in [-0.4, -0.2) is 96.7 Å². The van der Waals surface area contributed by atoms with E-state index < -0.39 is 97.5 Å². The molecule has 0 amide bonds. The lowest BCUT2D eigenvalue weighted by Crippen LogP contribution is -2.30. The molecule has 0 saturated heterocycles. The highest BCUT2D eigenvalue weighted by Gasteiger charge is 2.30. The number of allylic oxidation sites excluding steroid dienone is 6. The minimum absolute atomic E-state index is 0.101. The van der Waals surface area contributed by atoms with Gasteiger partial charge in [0.05, 0.1) is 26.4 Å². The SMILES string of the molecule is CC/C=C\C/C=C\C/C=C\CCCCCCCCCC(=O)OCC(COP(=O)(O)OCC(O)COP(=O)(O)OCC(COC(=O)CCCCCCCCCCCCCCCCC)OC(=O)CCCCCCCCCCCCCCCCC)OC(=O)CCCCCCCCCCCCCCC. The van der Waals surface area contributed by atoms with E-state index in [0.717, 1.165) is 135 Å². The topological polar surface area (TPSA) is 237 Å². The summed E-state index contributed by atoms with van der Waals surface area (Å²) in [5, 5.41) is 10.6. The van der Waals surface area contributed by atoms with E-state index in [1.807, 2.05) is 0 Å². The van der Waals surface area contributed by atoms with Crippen molar-refractivity contribution in [3.8, 4) is 0 Å². The average Bonchev–Trinajstić information content (AvgIpc) is 0.965. The number of ether oxygens (including phenoxy) is 4. The van der Waals surface area contributed by atoms with Crippen LogP contribution in [0, 0.1) is 0 Å². The molecule has 0 saturated carbocycles. The molecule has 100 heavy (non-hydrogen) atoms. The van der Waals surface area contributed by atoms with Crippen LogP contribution in [0.2, 0.25) is 0 Å². The fraction of sp³-hybridized carbons (Fsp3) is 0.877. The third-order valence-corrected chi connectivity index (χ3v) is 20.1. The zero-order valence-electron chi connectivity index (χ0n) is 64.4. The van der Waals surface area contributed by atoms with Crippen LogP contribution in [-0.2, 0) is 65.4 Å². The van der Waals surface area contributed by atoms with E-state index in [0.29, 0.717) is 25.7 Å². The van der Waals surface area contributed by atoms with E-state index in [2.05, 4.69) is 64.2 Å². The molecule has 0 heterocycles. The van der Waals surface area contributed by atoms with Crippen LogP contribution < -0.4 is 0 Å². The second-order valence-corrected chi connectivity index (χ2v) is 31.0. The molecule has 3 N–H and O–H groups in total. The molecule has 0 aliphatic heterocycles. The van der Waals surface area contributed by atoms with E-state index in [1.165, 1.54) is 186 Å². The second-order valence-electron chi connectivity index (χ2n) is 28.1. The molecule has 0 aliphatic carbocycles. The van der Waals surface area contributed by atoms with E-state index >= 15 is 0 Å². The number of aliphatic hydroxyl groups excluding tert-OH is 1. The number of rotatable bonds is 79. The Bertz CT molecular complexity index is 2040. The van der Waals surface area contributed by atoms with E-state index in [9.17, 15) is 43.2 Å². The van der Waals surface area contributed by atoms with Crippen LogP contribution in [0.15, 0.2) is 36.5 Å². The Kier molecular flexibility index (Phi) is 72.5. The first kappa shape index (κ1) is 97.3. The Labute approximate surface area is 611 Å². The van der Waals surface area contributed by atoms with E-state index in [4.69, 9.17) is 37.0 Å². The number of phosphoric ester groups is 2. The Hall–Kier alpha value is -2.72. The van der Waals surface area contributed by atoms with Gasteiger partial charge in [0, 0.05) is 25.7 Å². The summed E-state index contributed by atoms with van der Waals surface area (Å²) in [6.45, 7) is 4.88. The van der Waals surface area contributed by atoms with Crippen LogP contribution in [0.4, 0.5) is 0 Å². The van der Waals surface area contributed by atoms with Gasteiger partial charge < -0.3 is 33.8 Å². The highest BCUT2D eigenvalue weighted by atomic mass is 31.2. The van der Waals surface area contributed by atoms with Crippen molar-refractivity contribution in [3.05, 3.63) is 36.5 Å². The zero-order chi connectivity index (χ0) is 73.2. The molecule has 0 radical (unpaired) electrons. The molecular formula is C81H152O17P2. The Morgan fingerprint density at radius 1 is 0.290 bits per heavy atom. The van der Waals surface area contributed by atoms with Crippen molar-refractivity contribution < 1.29 is 80.2 Å². The van der Waals surface area contributed by atoms with Gasteiger partial charge in [-0.15, -0.1) is 0 Å². The summed E-state index contributed by atoms with van der Waals surface area (Å²) < 4.78 is 68.7. The van der Waals surface area contributed by atoms with Crippen LogP contribution in [0.5, 0.6) is 0 Å². The zero-order valence-corrected chi connectivity index (χ0v) is 66.2. The minimum atomic E-state index is -4.97. The van der Waals surface area contributed by atoms with Crippen molar-refractivity contribution in [1.82, 2.24) is 0 Å². The van der Waals surface area contributed by atoms with Gasteiger partial charge in [-0.1, -0.05) is 353 Å². The lowest BCUT2D eigenvalue weighted by molar-refractivity contribution is -0.161. The standard InChI is InChI=1S/C81H152O17P2/c1-5-9-13-17-21-25-29-33-36-37-40-43-46-50-54-58-62-66-79(84)92-71-76(97-80(85)67-63-59-55-51-47-41-32-28-24-20-16-12-8-4)73-95-99(87,88)93-69-75(82)70-94-100(89,90)96-74-77(98-81(86)68-64-60-56-52-48-44-39-35-31-27-23-19-15-11-7-3)72-91-78(83)65-61-57-53-49-45-42-38-34-30-26-22-18-14-10-6-2/h9,13,21,25,33,36,75-77,82H,5-8,10-12,14-20,22-24,26-32,34-35,37-74H2,1-4H3,(H,87,88)(H,89,90)/b13-9-,25-21-,36-33-. The van der Waals surface area contributed by atoms with Crippen molar-refractivity contribution in [2.75, 3.05) is 39.6 Å². The third-order valence-electron chi connectivity index (χ3n) is 18.1. The molecule has 0 aromatic heterocycles. The molecule has 17 nitrogen and oxygen atoms in total. The van der Waals surface area contributed by atoms with Gasteiger partial charge in [-0.2, -0.15) is 0 Å². The molecule has 19 heteroatoms. The van der Waals surface area contributed by atoms with Crippen LogP contribution >= 0.6 is 15.6 Å². The van der Waals surface area contributed by atoms with E-state index in [-0.39, 0.29) is 25.7 Å². The predicted octanol–water partition coefficient (Wildman–Crippen LogP) is 23.9. The maximum atomic E-state index is 13.1. The van der Waals surface area contributed by atoms with Gasteiger partial charge in [-0.05, 0) is 57.8 Å². The first-order valence-electron chi connectivity index (χ1n) is 41.2. The lowest BCUT2D eigenvalue weighted by atomic mass is 10.0. The van der Waals surface area contributed by atoms with Crippen molar-refractivity contribution >= 4 is 39.5 Å². The summed E-state index contributed by atoms with van der Waals surface area (Å²) in [6.07, 6.45) is 71.1. The summed E-state index contributed by atoms with van der Waals surface area (Å²) in [5.74, 6) is -2.13. The Morgan fingerprint density at radius 2 is 0.520 bits per heavy atom. The number of phosphoric acid groups is 2. The molecule has 5 unspecified atom stereocenters. The molecule has 0 fully saturated rings. The second kappa shape index (κ2) is 74.5. The summed E-state index contributed by atoms with van der Waals surface area (Å²) in [6, 6.07) is 0. The number of carbonyl (C=O) groups excluding carboxylic acids is 4. The molecule has 0 aliphatic rings. The number of carbonyl (C=O) groups is 4. The summed E-state index contributed by atoms with van der Waals surface area (Å²) >= 11 is 0. The Morgan fingerprint density at radius 3 is 0.800 bits per heavy atom. The van der Waals surface area contributed by atoms with Gasteiger partial charge in [0.2, 0.25) is 0 Å². The fourth-order valence-electron chi connectivity index (χ4n) is 11.9. The predicted molar refractivity (Wildman–Crippen MR) is 409 cm³/mol. The van der Waals surface area contributed by atoms with Gasteiger partial charge in [0.15, 0.2) is 12.2 Å². The lowest BCUT2D eigenvalue weighted by Gasteiger charge is -2.21. The summed E-state index contributed by atoms with van der Waals surface area (Å²) in [4.78, 5) is 73.0. The summed E-state index contributed by atoms with van der Waals surface area (Å²) in [5.41, 5.74) is 0. The number of hydrogen-bond donors (Lipinski definition) is 3. The van der Waals surface area contributed by atoms with Gasteiger partial charge in [0.1, 0.15) is 19.3 Å². The molecule has 0 aromatic rings. The van der Waals surface area contributed by atoms with Gasteiger partial charge >= 0.3 is 39.5 Å². The first-order valence-corrected chi connectivity index (χ1v) is 44.2. The van der Waals surface area contributed by atoms with Crippen molar-refractivity contribution in [1.29, 1.82) is 0 Å². The number of hydrogen-bond acceptors (Lipinski definition) is 15. The minimum Gasteiger partial charge on any atom is -0.462 e.